The zero-order valence-corrected chi connectivity index (χ0v) is 17.2. The first-order valence-electron chi connectivity index (χ1n) is 10.0. The van der Waals surface area contributed by atoms with Crippen LogP contribution in [0.25, 0.3) is 0 Å². The van der Waals surface area contributed by atoms with Gasteiger partial charge in [-0.2, -0.15) is 0 Å². The molecule has 32 heavy (non-hydrogen) atoms. The lowest BCUT2D eigenvalue weighted by Gasteiger charge is -2.16. The lowest BCUT2D eigenvalue weighted by atomic mass is 9.90. The van der Waals surface area contributed by atoms with Gasteiger partial charge in [-0.3, -0.25) is 9.59 Å². The van der Waals surface area contributed by atoms with Gasteiger partial charge in [-0.25, -0.2) is 4.39 Å². The summed E-state index contributed by atoms with van der Waals surface area (Å²) in [6.45, 7) is 1.11. The Hall–Kier alpha value is -3.81. The van der Waals surface area contributed by atoms with E-state index in [1.807, 2.05) is 0 Å². The number of halogens is 1. The van der Waals surface area contributed by atoms with Crippen molar-refractivity contribution in [2.45, 2.75) is 13.0 Å². The van der Waals surface area contributed by atoms with Crippen molar-refractivity contribution in [2.75, 3.05) is 17.2 Å². The van der Waals surface area contributed by atoms with Gasteiger partial charge in [0.2, 0.25) is 11.6 Å². The van der Waals surface area contributed by atoms with Gasteiger partial charge in [0.1, 0.15) is 23.3 Å². The molecule has 0 aromatic heterocycles. The van der Waals surface area contributed by atoms with Crippen LogP contribution in [0.1, 0.15) is 37.9 Å². The van der Waals surface area contributed by atoms with Gasteiger partial charge in [-0.05, 0) is 42.3 Å². The molecule has 4 rings (SSSR count). The summed E-state index contributed by atoms with van der Waals surface area (Å²) in [7, 11) is 0. The van der Waals surface area contributed by atoms with Crippen LogP contribution in [-0.2, 0) is 0 Å². The molecule has 0 aliphatic carbocycles. The van der Waals surface area contributed by atoms with Crippen LogP contribution in [0.15, 0.2) is 78.1 Å². The SMILES string of the molecule is Cc1c(C(=O)C(C(=O)c2ccccc2F)=C2Nc3ccccc3N2)cccc1[C@@H](O)CO. The number of hydrogen-bond acceptors (Lipinski definition) is 6. The van der Waals surface area contributed by atoms with Gasteiger partial charge in [-0.1, -0.05) is 42.5 Å². The number of allylic oxidation sites excluding steroid dienone is 1. The number of rotatable bonds is 6. The molecule has 3 aromatic rings. The van der Waals surface area contributed by atoms with E-state index in [1.54, 1.807) is 43.3 Å². The predicted octanol–water partition coefficient (Wildman–Crippen LogP) is 3.97. The molecular weight excluding hydrogens is 411 g/mol. The van der Waals surface area contributed by atoms with Crippen LogP contribution in [-0.4, -0.2) is 28.4 Å². The van der Waals surface area contributed by atoms with Crippen molar-refractivity contribution in [3.05, 3.63) is 106 Å². The summed E-state index contributed by atoms with van der Waals surface area (Å²) in [6.07, 6.45) is -1.17. The standard InChI is InChI=1S/C25H21FN2O4/c1-14-15(21(30)13-29)8-6-9-16(14)23(31)22(24(32)17-7-2-3-10-18(17)26)25-27-19-11-4-5-12-20(19)28-25/h2-12,21,27-30H,13H2,1H3/t21-/m0/s1. The van der Waals surface area contributed by atoms with Crippen molar-refractivity contribution < 1.29 is 24.2 Å². The largest absolute Gasteiger partial charge is 0.393 e. The molecule has 0 unspecified atom stereocenters. The van der Waals surface area contributed by atoms with Gasteiger partial charge in [0.15, 0.2) is 0 Å². The highest BCUT2D eigenvalue weighted by Crippen LogP contribution is 2.33. The van der Waals surface area contributed by atoms with Crippen LogP contribution in [0.4, 0.5) is 15.8 Å². The third-order valence-corrected chi connectivity index (χ3v) is 5.42. The summed E-state index contributed by atoms with van der Waals surface area (Å²) < 4.78 is 14.5. The molecule has 0 amide bonds. The Morgan fingerprint density at radius 1 is 0.875 bits per heavy atom. The van der Waals surface area contributed by atoms with Gasteiger partial charge >= 0.3 is 0 Å². The Kier molecular flexibility index (Phi) is 5.85. The molecule has 7 heteroatoms. The Labute approximate surface area is 184 Å². The van der Waals surface area contributed by atoms with Crippen molar-refractivity contribution in [3.63, 3.8) is 0 Å². The summed E-state index contributed by atoms with van der Waals surface area (Å²) in [5.74, 6) is -1.99. The normalized spacial score (nSPS) is 13.1. The molecule has 1 atom stereocenters. The first-order chi connectivity index (χ1) is 15.4. The summed E-state index contributed by atoms with van der Waals surface area (Å²) >= 11 is 0. The molecular formula is C25H21FN2O4. The molecule has 1 aliphatic heterocycles. The van der Waals surface area contributed by atoms with Crippen molar-refractivity contribution in [3.8, 4) is 0 Å². The minimum atomic E-state index is -1.17. The van der Waals surface area contributed by atoms with Gasteiger partial charge in [0.05, 0.1) is 23.5 Å². The first-order valence-corrected chi connectivity index (χ1v) is 10.0. The third kappa shape index (κ3) is 3.79. The van der Waals surface area contributed by atoms with Crippen molar-refractivity contribution in [1.29, 1.82) is 0 Å². The van der Waals surface area contributed by atoms with Crippen LogP contribution < -0.4 is 10.6 Å². The number of fused-ring (bicyclic) bond motifs is 1. The smallest absolute Gasteiger partial charge is 0.203 e. The average Bonchev–Trinajstić information content (AvgIpc) is 3.22. The van der Waals surface area contributed by atoms with Gasteiger partial charge in [0.25, 0.3) is 0 Å². The highest BCUT2D eigenvalue weighted by Gasteiger charge is 2.31. The molecule has 0 spiro atoms. The number of carbonyl (C=O) groups is 2. The van der Waals surface area contributed by atoms with Gasteiger partial charge in [-0.15, -0.1) is 0 Å². The van der Waals surface area contributed by atoms with Crippen LogP contribution >= 0.6 is 0 Å². The fourth-order valence-electron chi connectivity index (χ4n) is 3.73. The van der Waals surface area contributed by atoms with E-state index in [-0.39, 0.29) is 22.5 Å². The summed E-state index contributed by atoms with van der Waals surface area (Å²) in [5, 5.41) is 25.5. The van der Waals surface area contributed by atoms with Crippen LogP contribution in [0, 0.1) is 12.7 Å². The maximum atomic E-state index is 14.5. The van der Waals surface area contributed by atoms with E-state index < -0.39 is 30.1 Å². The molecule has 0 saturated carbocycles. The van der Waals surface area contributed by atoms with Gasteiger partial charge < -0.3 is 20.8 Å². The Balaban J connectivity index is 1.87. The number of aliphatic hydroxyl groups excluding tert-OH is 2. The zero-order chi connectivity index (χ0) is 22.8. The molecule has 3 aromatic carbocycles. The molecule has 0 fully saturated rings. The topological polar surface area (TPSA) is 98.7 Å². The summed E-state index contributed by atoms with van der Waals surface area (Å²) in [4.78, 5) is 27.1. The second-order valence-corrected chi connectivity index (χ2v) is 7.40. The number of benzene rings is 3. The van der Waals surface area contributed by atoms with Crippen molar-refractivity contribution in [2.24, 2.45) is 0 Å². The zero-order valence-electron chi connectivity index (χ0n) is 17.2. The number of Topliss-reactive ketones (excluding diaryl/α,β-unsaturated/α-hetero) is 2. The van der Waals surface area contributed by atoms with Crippen LogP contribution in [0.3, 0.4) is 0 Å². The average molecular weight is 432 g/mol. The minimum Gasteiger partial charge on any atom is -0.393 e. The Morgan fingerprint density at radius 2 is 1.44 bits per heavy atom. The second-order valence-electron chi connectivity index (χ2n) is 7.40. The minimum absolute atomic E-state index is 0.150. The van der Waals surface area contributed by atoms with E-state index >= 15 is 0 Å². The Bertz CT molecular complexity index is 1230. The lowest BCUT2D eigenvalue weighted by Crippen LogP contribution is -2.22. The molecule has 0 radical (unpaired) electrons. The predicted molar refractivity (Wildman–Crippen MR) is 119 cm³/mol. The molecule has 4 N–H and O–H groups in total. The van der Waals surface area contributed by atoms with E-state index in [4.69, 9.17) is 0 Å². The number of carbonyl (C=O) groups excluding carboxylic acids is 2. The third-order valence-electron chi connectivity index (χ3n) is 5.42. The number of hydrogen-bond donors (Lipinski definition) is 4. The maximum absolute atomic E-state index is 14.5. The number of aliphatic hydroxyl groups is 2. The first kappa shape index (κ1) is 21.4. The van der Waals surface area contributed by atoms with Crippen molar-refractivity contribution >= 4 is 22.9 Å². The van der Waals surface area contributed by atoms with E-state index in [1.165, 1.54) is 24.3 Å². The van der Waals surface area contributed by atoms with Crippen LogP contribution in [0.2, 0.25) is 0 Å². The number of nitrogens with one attached hydrogen (secondary N) is 2. The maximum Gasteiger partial charge on any atom is 0.203 e. The van der Waals surface area contributed by atoms with Gasteiger partial charge in [0, 0.05) is 5.56 Å². The van der Waals surface area contributed by atoms with E-state index in [0.717, 1.165) is 6.07 Å². The van der Waals surface area contributed by atoms with E-state index in [0.29, 0.717) is 22.5 Å². The van der Waals surface area contributed by atoms with E-state index in [9.17, 15) is 24.2 Å². The quantitative estimate of drug-likeness (QED) is 0.204. The summed E-state index contributed by atoms with van der Waals surface area (Å²) in [6, 6.07) is 17.4. The number of anilines is 2. The molecule has 1 aliphatic rings. The van der Waals surface area contributed by atoms with E-state index in [2.05, 4.69) is 10.6 Å². The fourth-order valence-corrected chi connectivity index (χ4v) is 3.73. The lowest BCUT2D eigenvalue weighted by molar-refractivity contribution is 0.0940. The number of para-hydroxylation sites is 2. The number of ketones is 2. The highest BCUT2D eigenvalue weighted by molar-refractivity contribution is 6.32. The second kappa shape index (κ2) is 8.74. The molecule has 162 valence electrons. The highest BCUT2D eigenvalue weighted by atomic mass is 19.1. The summed E-state index contributed by atoms with van der Waals surface area (Å²) in [5.41, 5.74) is 1.83. The Morgan fingerprint density at radius 3 is 2.06 bits per heavy atom. The molecule has 0 bridgehead atoms. The molecule has 6 nitrogen and oxygen atoms in total. The molecule has 0 saturated heterocycles. The van der Waals surface area contributed by atoms with Crippen LogP contribution in [0.5, 0.6) is 0 Å². The monoisotopic (exact) mass is 432 g/mol. The molecule has 1 heterocycles. The van der Waals surface area contributed by atoms with Crippen molar-refractivity contribution in [1.82, 2.24) is 0 Å². The fraction of sp³-hybridized carbons (Fsp3) is 0.120.